The first-order valence-corrected chi connectivity index (χ1v) is 4.87. The lowest BCUT2D eigenvalue weighted by atomic mass is 10.2. The van der Waals surface area contributed by atoms with E-state index in [2.05, 4.69) is 11.3 Å². The average molecular weight is 240 g/mol. The second kappa shape index (κ2) is 5.24. The summed E-state index contributed by atoms with van der Waals surface area (Å²) in [6.07, 6.45) is 0.632. The van der Waals surface area contributed by atoms with Crippen molar-refractivity contribution < 1.29 is 23.9 Å². The molecule has 0 aromatic rings. The van der Waals surface area contributed by atoms with Crippen molar-refractivity contribution in [2.75, 3.05) is 20.2 Å². The molecule has 4 amide bonds. The van der Waals surface area contributed by atoms with Gasteiger partial charge in [0, 0.05) is 13.1 Å². The largest absolute Gasteiger partial charge is 0.461 e. The average Bonchev–Trinajstić information content (AvgIpc) is 2.30. The molecule has 0 aromatic carbocycles. The Morgan fingerprint density at radius 3 is 2.65 bits per heavy atom. The van der Waals surface area contributed by atoms with Crippen molar-refractivity contribution in [2.24, 2.45) is 0 Å². The van der Waals surface area contributed by atoms with Gasteiger partial charge in [0.25, 0.3) is 0 Å². The van der Waals surface area contributed by atoms with E-state index in [4.69, 9.17) is 0 Å². The fourth-order valence-electron chi connectivity index (χ4n) is 1.25. The third-order valence-corrected chi connectivity index (χ3v) is 2.22. The van der Waals surface area contributed by atoms with Crippen LogP contribution in [0.5, 0.6) is 0 Å². The summed E-state index contributed by atoms with van der Waals surface area (Å²) in [4.78, 5) is 46.6. The van der Waals surface area contributed by atoms with Gasteiger partial charge in [-0.2, -0.15) is 0 Å². The van der Waals surface area contributed by atoms with E-state index in [0.29, 0.717) is 0 Å². The van der Waals surface area contributed by atoms with Crippen LogP contribution in [-0.2, 0) is 19.1 Å². The predicted octanol–water partition coefficient (Wildman–Crippen LogP) is -0.474. The van der Waals surface area contributed by atoms with Crippen LogP contribution in [0.4, 0.5) is 4.79 Å². The third-order valence-electron chi connectivity index (χ3n) is 2.22. The summed E-state index contributed by atoms with van der Waals surface area (Å²) in [5, 5.41) is 0. The molecule has 0 saturated carbocycles. The SMILES string of the molecule is C=CC(=O)OCCN1C(=O)CC(=O)N(C)C1=O. The van der Waals surface area contributed by atoms with Crippen molar-refractivity contribution in [3.63, 3.8) is 0 Å². The van der Waals surface area contributed by atoms with E-state index in [0.717, 1.165) is 15.9 Å². The Morgan fingerprint density at radius 2 is 2.06 bits per heavy atom. The van der Waals surface area contributed by atoms with Crippen molar-refractivity contribution >= 4 is 23.8 Å². The number of nitrogens with zero attached hydrogens (tertiary/aromatic N) is 2. The van der Waals surface area contributed by atoms with Gasteiger partial charge in [-0.25, -0.2) is 9.59 Å². The highest BCUT2D eigenvalue weighted by Crippen LogP contribution is 2.09. The van der Waals surface area contributed by atoms with Gasteiger partial charge in [0.2, 0.25) is 11.8 Å². The monoisotopic (exact) mass is 240 g/mol. The number of esters is 1. The van der Waals surface area contributed by atoms with Crippen LogP contribution in [0.25, 0.3) is 0 Å². The second-order valence-electron chi connectivity index (χ2n) is 3.33. The van der Waals surface area contributed by atoms with Crippen molar-refractivity contribution in [1.82, 2.24) is 9.80 Å². The smallest absolute Gasteiger partial charge is 0.333 e. The van der Waals surface area contributed by atoms with E-state index in [1.54, 1.807) is 0 Å². The molecule has 1 heterocycles. The summed E-state index contributed by atoms with van der Waals surface area (Å²) in [6.45, 7) is 3.01. The van der Waals surface area contributed by atoms with E-state index in [1.807, 2.05) is 0 Å². The van der Waals surface area contributed by atoms with Gasteiger partial charge in [-0.15, -0.1) is 0 Å². The fraction of sp³-hybridized carbons (Fsp3) is 0.400. The Kier molecular flexibility index (Phi) is 3.97. The van der Waals surface area contributed by atoms with Crippen LogP contribution in [0.15, 0.2) is 12.7 Å². The molecule has 0 bridgehead atoms. The lowest BCUT2D eigenvalue weighted by Crippen LogP contribution is -2.54. The van der Waals surface area contributed by atoms with Crippen LogP contribution in [0.1, 0.15) is 6.42 Å². The minimum Gasteiger partial charge on any atom is -0.461 e. The standard InChI is InChI=1S/C10H12N2O5/c1-3-9(15)17-5-4-12-8(14)6-7(13)11(2)10(12)16/h3H,1,4-6H2,2H3. The van der Waals surface area contributed by atoms with Crippen molar-refractivity contribution in [1.29, 1.82) is 0 Å². The van der Waals surface area contributed by atoms with E-state index >= 15 is 0 Å². The summed E-state index contributed by atoms with van der Waals surface area (Å²) < 4.78 is 4.65. The molecule has 0 N–H and O–H groups in total. The summed E-state index contributed by atoms with van der Waals surface area (Å²) in [5.74, 6) is -1.77. The van der Waals surface area contributed by atoms with Gasteiger partial charge in [0.1, 0.15) is 13.0 Å². The number of urea groups is 1. The second-order valence-corrected chi connectivity index (χ2v) is 3.33. The minimum absolute atomic E-state index is 0.0745. The third kappa shape index (κ3) is 2.90. The Balaban J connectivity index is 2.55. The first-order valence-electron chi connectivity index (χ1n) is 4.87. The molecule has 0 aliphatic carbocycles. The maximum Gasteiger partial charge on any atom is 0.333 e. The highest BCUT2D eigenvalue weighted by Gasteiger charge is 2.35. The molecule has 0 radical (unpaired) electrons. The molecule has 7 nitrogen and oxygen atoms in total. The number of rotatable bonds is 4. The summed E-state index contributed by atoms with van der Waals surface area (Å²) >= 11 is 0. The maximum atomic E-state index is 11.5. The zero-order valence-corrected chi connectivity index (χ0v) is 9.34. The molecule has 1 rings (SSSR count). The van der Waals surface area contributed by atoms with E-state index in [-0.39, 0.29) is 19.6 Å². The van der Waals surface area contributed by atoms with Crippen LogP contribution in [0.2, 0.25) is 0 Å². The molecule has 1 saturated heterocycles. The topological polar surface area (TPSA) is 84.0 Å². The van der Waals surface area contributed by atoms with Gasteiger partial charge in [0.15, 0.2) is 0 Å². The summed E-state index contributed by atoms with van der Waals surface area (Å²) in [6, 6.07) is -0.707. The van der Waals surface area contributed by atoms with Gasteiger partial charge in [0.05, 0.1) is 6.54 Å². The van der Waals surface area contributed by atoms with Crippen LogP contribution < -0.4 is 0 Å². The molecule has 17 heavy (non-hydrogen) atoms. The fourth-order valence-corrected chi connectivity index (χ4v) is 1.25. The van der Waals surface area contributed by atoms with Gasteiger partial charge in [-0.3, -0.25) is 19.4 Å². The van der Waals surface area contributed by atoms with Crippen LogP contribution >= 0.6 is 0 Å². The maximum absolute atomic E-state index is 11.5. The van der Waals surface area contributed by atoms with Crippen molar-refractivity contribution in [2.45, 2.75) is 6.42 Å². The highest BCUT2D eigenvalue weighted by molar-refractivity contribution is 6.13. The number of carbonyl (C=O) groups excluding carboxylic acids is 4. The molecule has 7 heteroatoms. The number of hydrogen-bond donors (Lipinski definition) is 0. The van der Waals surface area contributed by atoms with E-state index < -0.39 is 23.8 Å². The first-order chi connectivity index (χ1) is 7.97. The zero-order chi connectivity index (χ0) is 13.0. The van der Waals surface area contributed by atoms with Crippen molar-refractivity contribution in [3.8, 4) is 0 Å². The number of hydrogen-bond acceptors (Lipinski definition) is 5. The number of carbonyl (C=O) groups is 4. The number of amides is 4. The predicted molar refractivity (Wildman–Crippen MR) is 55.7 cm³/mol. The molecule has 92 valence electrons. The molecular formula is C10H12N2O5. The molecule has 0 atom stereocenters. The van der Waals surface area contributed by atoms with Gasteiger partial charge < -0.3 is 4.74 Å². The quantitative estimate of drug-likeness (QED) is 0.376. The Morgan fingerprint density at radius 1 is 1.41 bits per heavy atom. The number of imide groups is 2. The van der Waals surface area contributed by atoms with Crippen LogP contribution in [-0.4, -0.2) is 53.8 Å². The zero-order valence-electron chi connectivity index (χ0n) is 9.34. The molecule has 0 unspecified atom stereocenters. The minimum atomic E-state index is -0.707. The molecule has 0 aromatic heterocycles. The van der Waals surface area contributed by atoms with Crippen LogP contribution in [0.3, 0.4) is 0 Å². The normalized spacial score (nSPS) is 16.2. The Hall–Kier alpha value is -2.18. The van der Waals surface area contributed by atoms with Gasteiger partial charge >= 0.3 is 12.0 Å². The van der Waals surface area contributed by atoms with E-state index in [9.17, 15) is 19.2 Å². The van der Waals surface area contributed by atoms with Gasteiger partial charge in [-0.05, 0) is 0 Å². The summed E-state index contributed by atoms with van der Waals surface area (Å²) in [7, 11) is 1.29. The van der Waals surface area contributed by atoms with E-state index in [1.165, 1.54) is 7.05 Å². The molecule has 1 aliphatic heterocycles. The highest BCUT2D eigenvalue weighted by atomic mass is 16.5. The lowest BCUT2D eigenvalue weighted by Gasteiger charge is -2.29. The van der Waals surface area contributed by atoms with Crippen LogP contribution in [0, 0.1) is 0 Å². The molecular weight excluding hydrogens is 228 g/mol. The van der Waals surface area contributed by atoms with Gasteiger partial charge in [-0.1, -0.05) is 6.58 Å². The Bertz CT molecular complexity index is 390. The molecule has 1 fully saturated rings. The van der Waals surface area contributed by atoms with Crippen molar-refractivity contribution in [3.05, 3.63) is 12.7 Å². The summed E-state index contributed by atoms with van der Waals surface area (Å²) in [5.41, 5.74) is 0. The Labute approximate surface area is 97.6 Å². The number of barbiturate groups is 1. The number of ether oxygens (including phenoxy) is 1. The molecule has 1 aliphatic rings. The lowest BCUT2D eigenvalue weighted by molar-refractivity contribution is -0.145. The molecule has 0 spiro atoms. The first kappa shape index (κ1) is 12.9.